The van der Waals surface area contributed by atoms with Crippen molar-refractivity contribution in [3.05, 3.63) is 36.1 Å². The Labute approximate surface area is 121 Å². The van der Waals surface area contributed by atoms with E-state index >= 15 is 0 Å². The molecule has 0 bridgehead atoms. The van der Waals surface area contributed by atoms with Gasteiger partial charge in [-0.2, -0.15) is 8.78 Å². The van der Waals surface area contributed by atoms with Crippen LogP contribution in [0.3, 0.4) is 0 Å². The van der Waals surface area contributed by atoms with E-state index < -0.39 is 6.61 Å². The number of ether oxygens (including phenoxy) is 1. The number of rotatable bonds is 5. The van der Waals surface area contributed by atoms with E-state index in [1.54, 1.807) is 18.2 Å². The number of hydrogen-bond donors (Lipinski definition) is 1. The average molecular weight is 310 g/mol. The fourth-order valence-electron chi connectivity index (χ4n) is 1.77. The molecule has 21 heavy (non-hydrogen) atoms. The first-order valence-electron chi connectivity index (χ1n) is 5.82. The monoisotopic (exact) mass is 310 g/mol. The Morgan fingerprint density at radius 3 is 2.90 bits per heavy atom. The van der Waals surface area contributed by atoms with Crippen LogP contribution < -0.4 is 4.74 Å². The molecule has 5 nitrogen and oxygen atoms in total. The quantitative estimate of drug-likeness (QED) is 0.727. The van der Waals surface area contributed by atoms with Crippen molar-refractivity contribution < 1.29 is 22.7 Å². The molecule has 0 amide bonds. The number of nitrogens with one attached hydrogen (secondary N) is 1. The molecular weight excluding hydrogens is 302 g/mol. The summed E-state index contributed by atoms with van der Waals surface area (Å²) in [4.78, 5) is 17.7. The lowest BCUT2D eigenvalue weighted by Gasteiger charge is -2.03. The van der Waals surface area contributed by atoms with Crippen LogP contribution >= 0.6 is 11.8 Å². The lowest BCUT2D eigenvalue weighted by atomic mass is 10.3. The molecule has 1 N–H and O–H groups in total. The van der Waals surface area contributed by atoms with Crippen LogP contribution in [0.2, 0.25) is 0 Å². The second kappa shape index (κ2) is 5.57. The van der Waals surface area contributed by atoms with E-state index in [0.717, 1.165) is 11.8 Å². The molecule has 1 aromatic carbocycles. The van der Waals surface area contributed by atoms with E-state index in [4.69, 9.17) is 4.42 Å². The molecule has 108 valence electrons. The Balaban J connectivity index is 1.91. The first kappa shape index (κ1) is 13.6. The largest absolute Gasteiger partial charge is 0.447 e. The van der Waals surface area contributed by atoms with Gasteiger partial charge in [-0.25, -0.2) is 4.98 Å². The van der Waals surface area contributed by atoms with Crippen LogP contribution in [0.15, 0.2) is 45.0 Å². The summed E-state index contributed by atoms with van der Waals surface area (Å²) in [5.41, 5.74) is 0.875. The van der Waals surface area contributed by atoms with Gasteiger partial charge in [-0.1, -0.05) is 6.07 Å². The standard InChI is InChI=1S/C13H8F2N2O3S/c14-12(15)20-9-3-1-2-8-11(9)17-13(16-8)21-10-5-4-7(6-18)19-10/h1-6,12H,(H,16,17). The fourth-order valence-corrected chi connectivity index (χ4v) is 2.53. The summed E-state index contributed by atoms with van der Waals surface area (Å²) in [5.74, 6) is 0.203. The highest BCUT2D eigenvalue weighted by atomic mass is 32.2. The summed E-state index contributed by atoms with van der Waals surface area (Å²) in [6.45, 7) is -2.91. The highest BCUT2D eigenvalue weighted by Gasteiger charge is 2.13. The molecule has 0 saturated carbocycles. The van der Waals surface area contributed by atoms with Gasteiger partial charge in [0.2, 0.25) is 0 Å². The molecule has 3 rings (SSSR count). The molecule has 8 heteroatoms. The zero-order chi connectivity index (χ0) is 14.8. The molecule has 0 fully saturated rings. The molecule has 0 unspecified atom stereocenters. The van der Waals surface area contributed by atoms with E-state index in [-0.39, 0.29) is 11.5 Å². The lowest BCUT2D eigenvalue weighted by molar-refractivity contribution is -0.0489. The fraction of sp³-hybridized carbons (Fsp3) is 0.0769. The molecular formula is C13H8F2N2O3S. The third-order valence-electron chi connectivity index (χ3n) is 2.59. The van der Waals surface area contributed by atoms with Crippen molar-refractivity contribution in [2.75, 3.05) is 0 Å². The molecule has 0 spiro atoms. The van der Waals surface area contributed by atoms with Crippen molar-refractivity contribution in [3.8, 4) is 5.75 Å². The van der Waals surface area contributed by atoms with Crippen molar-refractivity contribution in [2.45, 2.75) is 16.9 Å². The number of aromatic nitrogens is 2. The van der Waals surface area contributed by atoms with E-state index in [9.17, 15) is 13.6 Å². The third kappa shape index (κ3) is 2.89. The van der Waals surface area contributed by atoms with Gasteiger partial charge in [0.25, 0.3) is 0 Å². The van der Waals surface area contributed by atoms with Crippen molar-refractivity contribution in [3.63, 3.8) is 0 Å². The average Bonchev–Trinajstić information content (AvgIpc) is 3.05. The van der Waals surface area contributed by atoms with Gasteiger partial charge in [0, 0.05) is 0 Å². The molecule has 2 aromatic heterocycles. The molecule has 0 aliphatic heterocycles. The van der Waals surface area contributed by atoms with E-state index in [1.165, 1.54) is 12.1 Å². The van der Waals surface area contributed by atoms with Gasteiger partial charge in [0.1, 0.15) is 5.52 Å². The molecule has 0 radical (unpaired) electrons. The summed E-state index contributed by atoms with van der Waals surface area (Å²) in [7, 11) is 0. The summed E-state index contributed by atoms with van der Waals surface area (Å²) in [5, 5.41) is 0.912. The van der Waals surface area contributed by atoms with Crippen molar-refractivity contribution in [1.82, 2.24) is 9.97 Å². The van der Waals surface area contributed by atoms with Crippen molar-refractivity contribution in [2.24, 2.45) is 0 Å². The predicted molar refractivity (Wildman–Crippen MR) is 70.9 cm³/mol. The number of aromatic amines is 1. The topological polar surface area (TPSA) is 68.1 Å². The number of carbonyl (C=O) groups is 1. The predicted octanol–water partition coefficient (Wildman–Crippen LogP) is 3.72. The van der Waals surface area contributed by atoms with Crippen molar-refractivity contribution >= 4 is 29.1 Å². The zero-order valence-electron chi connectivity index (χ0n) is 10.4. The molecule has 0 aliphatic rings. The van der Waals surface area contributed by atoms with Crippen LogP contribution in [-0.2, 0) is 0 Å². The number of alkyl halides is 2. The van der Waals surface area contributed by atoms with Crippen LogP contribution in [0, 0.1) is 0 Å². The van der Waals surface area contributed by atoms with E-state index in [1.807, 2.05) is 0 Å². The number of carbonyl (C=O) groups excluding carboxylic acids is 1. The maximum atomic E-state index is 12.3. The van der Waals surface area contributed by atoms with Gasteiger partial charge in [-0.3, -0.25) is 4.79 Å². The maximum Gasteiger partial charge on any atom is 0.387 e. The lowest BCUT2D eigenvalue weighted by Crippen LogP contribution is -2.02. The number of H-pyrrole nitrogens is 1. The Morgan fingerprint density at radius 1 is 1.33 bits per heavy atom. The van der Waals surface area contributed by atoms with Crippen LogP contribution in [0.5, 0.6) is 5.75 Å². The minimum atomic E-state index is -2.91. The Bertz CT molecular complexity index is 785. The normalized spacial score (nSPS) is 11.2. The molecule has 3 aromatic rings. The molecule has 0 atom stereocenters. The van der Waals surface area contributed by atoms with Crippen LogP contribution in [0.1, 0.15) is 10.6 Å². The minimum absolute atomic E-state index is 0.00127. The Morgan fingerprint density at radius 2 is 2.19 bits per heavy atom. The van der Waals surface area contributed by atoms with Crippen LogP contribution in [0.4, 0.5) is 8.78 Å². The highest BCUT2D eigenvalue weighted by molar-refractivity contribution is 7.99. The number of benzene rings is 1. The van der Waals surface area contributed by atoms with Gasteiger partial charge < -0.3 is 14.1 Å². The Hall–Kier alpha value is -2.35. The number of imidazole rings is 1. The summed E-state index contributed by atoms with van der Waals surface area (Å²) in [6, 6.07) is 7.86. The van der Waals surface area contributed by atoms with E-state index in [0.29, 0.717) is 27.6 Å². The van der Waals surface area contributed by atoms with Gasteiger partial charge in [0.05, 0.1) is 5.52 Å². The summed E-state index contributed by atoms with van der Waals surface area (Å²) < 4.78 is 34.3. The molecule has 0 saturated heterocycles. The molecule has 2 heterocycles. The first-order valence-corrected chi connectivity index (χ1v) is 6.64. The zero-order valence-corrected chi connectivity index (χ0v) is 11.2. The van der Waals surface area contributed by atoms with Gasteiger partial charge in [0.15, 0.2) is 28.0 Å². The summed E-state index contributed by atoms with van der Waals surface area (Å²) in [6.07, 6.45) is 0.595. The number of para-hydroxylation sites is 1. The maximum absolute atomic E-state index is 12.3. The second-order valence-electron chi connectivity index (χ2n) is 3.95. The highest BCUT2D eigenvalue weighted by Crippen LogP contribution is 2.31. The smallest absolute Gasteiger partial charge is 0.387 e. The number of nitrogens with zero attached hydrogens (tertiary/aromatic N) is 1. The van der Waals surface area contributed by atoms with Crippen LogP contribution in [-0.4, -0.2) is 22.9 Å². The number of aldehydes is 1. The first-order chi connectivity index (χ1) is 10.2. The number of halogens is 2. The third-order valence-corrected chi connectivity index (χ3v) is 3.39. The Kier molecular flexibility index (Phi) is 3.61. The van der Waals surface area contributed by atoms with Crippen LogP contribution in [0.25, 0.3) is 11.0 Å². The number of furan rings is 1. The second-order valence-corrected chi connectivity index (χ2v) is 4.94. The SMILES string of the molecule is O=Cc1ccc(Sc2nc3c(OC(F)F)cccc3[nH]2)o1. The minimum Gasteiger partial charge on any atom is -0.447 e. The molecule has 0 aliphatic carbocycles. The van der Waals surface area contributed by atoms with Crippen molar-refractivity contribution in [1.29, 1.82) is 0 Å². The number of fused-ring (bicyclic) bond motifs is 1. The number of hydrogen-bond acceptors (Lipinski definition) is 5. The van der Waals surface area contributed by atoms with Gasteiger partial charge >= 0.3 is 6.61 Å². The van der Waals surface area contributed by atoms with Gasteiger partial charge in [-0.05, 0) is 36.0 Å². The van der Waals surface area contributed by atoms with Gasteiger partial charge in [-0.15, -0.1) is 0 Å². The van der Waals surface area contributed by atoms with E-state index in [2.05, 4.69) is 14.7 Å². The summed E-state index contributed by atoms with van der Waals surface area (Å²) >= 11 is 1.14.